The molecule has 0 aliphatic carbocycles. The molecule has 0 saturated carbocycles. The van der Waals surface area contributed by atoms with Crippen molar-refractivity contribution in [3.63, 3.8) is 0 Å². The Kier molecular flexibility index (Phi) is 4.17. The van der Waals surface area contributed by atoms with Crippen LogP contribution in [0.4, 0.5) is 4.79 Å². The largest absolute Gasteiger partial charge is 0.328 e. The van der Waals surface area contributed by atoms with E-state index in [2.05, 4.69) is 17.0 Å². The Morgan fingerprint density at radius 1 is 0.931 bits per heavy atom. The summed E-state index contributed by atoms with van der Waals surface area (Å²) >= 11 is 0. The van der Waals surface area contributed by atoms with Gasteiger partial charge in [0.05, 0.1) is 16.8 Å². The van der Waals surface area contributed by atoms with Crippen molar-refractivity contribution in [3.8, 4) is 16.9 Å². The van der Waals surface area contributed by atoms with Crippen molar-refractivity contribution in [2.75, 3.05) is 33.2 Å². The molecule has 29 heavy (non-hydrogen) atoms. The lowest BCUT2D eigenvalue weighted by molar-refractivity contribution is 0.156. The summed E-state index contributed by atoms with van der Waals surface area (Å²) in [6, 6.07) is 16.8. The van der Waals surface area contributed by atoms with Crippen molar-refractivity contribution in [2.45, 2.75) is 0 Å². The zero-order chi connectivity index (χ0) is 20.0. The molecule has 0 aromatic heterocycles. The quantitative estimate of drug-likeness (QED) is 0.503. The molecular formula is C22H21N5O2. The van der Waals surface area contributed by atoms with Crippen LogP contribution in [-0.4, -0.2) is 63.4 Å². The van der Waals surface area contributed by atoms with Crippen LogP contribution in [0.2, 0.25) is 0 Å². The molecule has 146 valence electrons. The predicted molar refractivity (Wildman–Crippen MR) is 112 cm³/mol. The number of nitrogens with zero attached hydrogens (tertiary/aromatic N) is 5. The van der Waals surface area contributed by atoms with Crippen molar-refractivity contribution in [1.29, 1.82) is 0 Å². The number of fused-ring (bicyclic) bond motifs is 3. The van der Waals surface area contributed by atoms with Crippen LogP contribution in [0.3, 0.4) is 0 Å². The number of hydrogen-bond donors (Lipinski definition) is 0. The number of likely N-dealkylation sites (N-methyl/N-ethyl adjacent to an activating group) is 1. The van der Waals surface area contributed by atoms with E-state index in [1.807, 2.05) is 59.5 Å². The molecule has 5 rings (SSSR count). The number of carbonyl (C=O) groups excluding carboxylic acids is 1. The van der Waals surface area contributed by atoms with E-state index in [1.165, 1.54) is 4.68 Å². The average Bonchev–Trinajstić information content (AvgIpc) is 3.10. The van der Waals surface area contributed by atoms with Gasteiger partial charge in [0.2, 0.25) is 0 Å². The first-order chi connectivity index (χ1) is 14.1. The van der Waals surface area contributed by atoms with Gasteiger partial charge in [-0.2, -0.15) is 9.78 Å². The Balaban J connectivity index is 1.71. The summed E-state index contributed by atoms with van der Waals surface area (Å²) in [5.41, 5.74) is 2.28. The molecule has 0 bridgehead atoms. The number of rotatable bonds is 1. The predicted octanol–water partition coefficient (Wildman–Crippen LogP) is 2.51. The maximum atomic E-state index is 13.3. The van der Waals surface area contributed by atoms with Crippen molar-refractivity contribution < 1.29 is 4.79 Å². The lowest BCUT2D eigenvalue weighted by Crippen LogP contribution is -2.48. The van der Waals surface area contributed by atoms with E-state index in [-0.39, 0.29) is 11.6 Å². The molecule has 3 aliphatic heterocycles. The Labute approximate surface area is 167 Å². The average molecular weight is 387 g/mol. The van der Waals surface area contributed by atoms with Gasteiger partial charge in [0.15, 0.2) is 0 Å². The lowest BCUT2D eigenvalue weighted by atomic mass is 10.1. The highest BCUT2D eigenvalue weighted by Crippen LogP contribution is 2.28. The van der Waals surface area contributed by atoms with Gasteiger partial charge in [0.25, 0.3) is 5.56 Å². The number of pyridine rings is 1. The topological polar surface area (TPSA) is 63.4 Å². The highest BCUT2D eigenvalue weighted by Gasteiger charge is 2.25. The first kappa shape index (κ1) is 17.6. The molecular weight excluding hydrogens is 366 g/mol. The van der Waals surface area contributed by atoms with Crippen LogP contribution in [-0.2, 0) is 0 Å². The zero-order valence-electron chi connectivity index (χ0n) is 16.2. The smallest absolute Gasteiger partial charge is 0.321 e. The fraction of sp³-hybridized carbons (Fsp3) is 0.227. The van der Waals surface area contributed by atoms with Crippen LogP contribution in [0.25, 0.3) is 27.8 Å². The fourth-order valence-electron chi connectivity index (χ4n) is 3.87. The lowest BCUT2D eigenvalue weighted by Gasteiger charge is -2.33. The SMILES string of the molecule is CN1CCN(C(=O)n2cc3c(=O)n(-c4ccccc4)nc-3c3ccccc32)CC1. The molecule has 1 saturated heterocycles. The second-order valence-corrected chi connectivity index (χ2v) is 7.40. The van der Waals surface area contributed by atoms with Gasteiger partial charge in [-0.15, -0.1) is 0 Å². The summed E-state index contributed by atoms with van der Waals surface area (Å²) < 4.78 is 3.00. The first-order valence-electron chi connectivity index (χ1n) is 9.70. The molecule has 2 aromatic carbocycles. The van der Waals surface area contributed by atoms with Crippen LogP contribution < -0.4 is 5.56 Å². The van der Waals surface area contributed by atoms with Crippen molar-refractivity contribution in [2.24, 2.45) is 0 Å². The molecule has 7 heteroatoms. The fourth-order valence-corrected chi connectivity index (χ4v) is 3.87. The molecule has 1 amide bonds. The third-order valence-electron chi connectivity index (χ3n) is 5.54. The van der Waals surface area contributed by atoms with E-state index in [1.54, 1.807) is 10.8 Å². The van der Waals surface area contributed by atoms with E-state index >= 15 is 0 Å². The van der Waals surface area contributed by atoms with E-state index in [9.17, 15) is 9.59 Å². The van der Waals surface area contributed by atoms with Gasteiger partial charge < -0.3 is 9.80 Å². The summed E-state index contributed by atoms with van der Waals surface area (Å²) in [4.78, 5) is 30.5. The number of piperazine rings is 1. The van der Waals surface area contributed by atoms with Gasteiger partial charge in [0, 0.05) is 37.8 Å². The number of benzene rings is 2. The number of para-hydroxylation sites is 2. The molecule has 0 radical (unpaired) electrons. The first-order valence-corrected chi connectivity index (χ1v) is 9.70. The summed E-state index contributed by atoms with van der Waals surface area (Å²) in [5.74, 6) is 0. The van der Waals surface area contributed by atoms with Gasteiger partial charge in [-0.05, 0) is 25.2 Å². The van der Waals surface area contributed by atoms with E-state index in [0.29, 0.717) is 30.0 Å². The van der Waals surface area contributed by atoms with Crippen molar-refractivity contribution in [1.82, 2.24) is 24.1 Å². The minimum absolute atomic E-state index is 0.108. The molecule has 3 heterocycles. The monoisotopic (exact) mass is 387 g/mol. The highest BCUT2D eigenvalue weighted by molar-refractivity contribution is 5.99. The Bertz CT molecular complexity index is 1220. The zero-order valence-corrected chi connectivity index (χ0v) is 16.2. The maximum absolute atomic E-state index is 13.3. The van der Waals surface area contributed by atoms with E-state index < -0.39 is 0 Å². The molecule has 2 aromatic rings. The van der Waals surface area contributed by atoms with Crippen molar-refractivity contribution in [3.05, 3.63) is 71.1 Å². The van der Waals surface area contributed by atoms with Crippen LogP contribution in [0.15, 0.2) is 65.6 Å². The molecule has 0 atom stereocenters. The Morgan fingerprint density at radius 3 is 2.38 bits per heavy atom. The Morgan fingerprint density at radius 2 is 1.62 bits per heavy atom. The molecule has 7 nitrogen and oxygen atoms in total. The third-order valence-corrected chi connectivity index (χ3v) is 5.54. The molecule has 0 spiro atoms. The standard InChI is InChI=1S/C22H21N5O2/c1-24-11-13-25(14-12-24)22(29)26-15-18-20(17-9-5-6-10-19(17)26)23-27(21(18)28)16-7-3-2-4-8-16/h2-10,15H,11-14H2,1H3. The molecule has 0 N–H and O–H groups in total. The van der Waals surface area contributed by atoms with Gasteiger partial charge in [-0.25, -0.2) is 4.79 Å². The normalized spacial score (nSPS) is 15.3. The van der Waals surface area contributed by atoms with E-state index in [4.69, 9.17) is 0 Å². The van der Waals surface area contributed by atoms with Crippen LogP contribution >= 0.6 is 0 Å². The van der Waals surface area contributed by atoms with Crippen LogP contribution in [0, 0.1) is 0 Å². The number of aromatic nitrogens is 3. The van der Waals surface area contributed by atoms with Gasteiger partial charge in [-0.1, -0.05) is 36.4 Å². The summed E-state index contributed by atoms with van der Waals surface area (Å²) in [6.45, 7) is 3.01. The molecule has 1 fully saturated rings. The van der Waals surface area contributed by atoms with E-state index in [0.717, 1.165) is 24.0 Å². The molecule has 0 unspecified atom stereocenters. The third kappa shape index (κ3) is 2.91. The second-order valence-electron chi connectivity index (χ2n) is 7.40. The summed E-state index contributed by atoms with van der Waals surface area (Å²) in [6.07, 6.45) is 1.65. The molecule has 3 aliphatic rings. The minimum atomic E-state index is -0.225. The maximum Gasteiger partial charge on any atom is 0.328 e. The van der Waals surface area contributed by atoms with Gasteiger partial charge in [-0.3, -0.25) is 9.36 Å². The number of hydrogen-bond acceptors (Lipinski definition) is 4. The van der Waals surface area contributed by atoms with Gasteiger partial charge >= 0.3 is 6.03 Å². The number of amides is 1. The highest BCUT2D eigenvalue weighted by atomic mass is 16.2. The second kappa shape index (κ2) is 6.86. The van der Waals surface area contributed by atoms with Gasteiger partial charge in [0.1, 0.15) is 5.69 Å². The van der Waals surface area contributed by atoms with Crippen molar-refractivity contribution >= 4 is 16.9 Å². The summed E-state index contributed by atoms with van der Waals surface area (Å²) in [7, 11) is 2.05. The van der Waals surface area contributed by atoms with Crippen LogP contribution in [0.1, 0.15) is 0 Å². The summed E-state index contributed by atoms with van der Waals surface area (Å²) in [5, 5.41) is 5.38. The Hall–Kier alpha value is -3.45. The minimum Gasteiger partial charge on any atom is -0.321 e. The van der Waals surface area contributed by atoms with Crippen LogP contribution in [0.5, 0.6) is 0 Å². The number of carbonyl (C=O) groups is 1.